The smallest absolute Gasteiger partial charge is 0.330 e. The lowest BCUT2D eigenvalue weighted by Gasteiger charge is -2.06. The summed E-state index contributed by atoms with van der Waals surface area (Å²) < 4.78 is 30.8. The topological polar surface area (TPSA) is 72.5 Å². The maximum atomic E-state index is 11.9. The van der Waals surface area contributed by atoms with Crippen LogP contribution in [0.4, 0.5) is 0 Å². The van der Waals surface area contributed by atoms with Crippen molar-refractivity contribution in [2.75, 3.05) is 13.7 Å². The van der Waals surface area contributed by atoms with Crippen LogP contribution in [0.1, 0.15) is 18.4 Å². The lowest BCUT2D eigenvalue weighted by atomic mass is 10.2. The Balaban J connectivity index is 2.39. The van der Waals surface area contributed by atoms with Gasteiger partial charge in [-0.3, -0.25) is 0 Å². The summed E-state index contributed by atoms with van der Waals surface area (Å²) in [5.41, 5.74) is 1.01. The van der Waals surface area contributed by atoms with Gasteiger partial charge in [0.1, 0.15) is 0 Å². The number of rotatable bonds is 7. The van der Waals surface area contributed by atoms with E-state index >= 15 is 0 Å². The molecule has 0 aromatic heterocycles. The number of aryl methyl sites for hydroxylation is 1. The van der Waals surface area contributed by atoms with Crippen molar-refractivity contribution < 1.29 is 17.9 Å². The molecule has 0 aliphatic rings. The molecule has 0 bridgehead atoms. The molecule has 6 heteroatoms. The molecule has 0 saturated heterocycles. The van der Waals surface area contributed by atoms with Gasteiger partial charge in [-0.1, -0.05) is 23.8 Å². The van der Waals surface area contributed by atoms with E-state index in [9.17, 15) is 13.2 Å². The minimum Gasteiger partial charge on any atom is -0.466 e. The molecule has 0 heterocycles. The first-order valence-electron chi connectivity index (χ1n) is 6.26. The minimum atomic E-state index is -3.45. The third-order valence-corrected chi connectivity index (χ3v) is 4.10. The fourth-order valence-electron chi connectivity index (χ4n) is 1.47. The number of allylic oxidation sites excluding steroid dienone is 1. The van der Waals surface area contributed by atoms with Crippen molar-refractivity contribution in [1.29, 1.82) is 0 Å². The van der Waals surface area contributed by atoms with Gasteiger partial charge in [0.25, 0.3) is 0 Å². The number of methoxy groups -OCH3 is 1. The van der Waals surface area contributed by atoms with Gasteiger partial charge >= 0.3 is 5.97 Å². The largest absolute Gasteiger partial charge is 0.466 e. The quantitative estimate of drug-likeness (QED) is 0.473. The molecule has 5 nitrogen and oxygen atoms in total. The lowest BCUT2D eigenvalue weighted by Crippen LogP contribution is -2.24. The molecule has 0 spiro atoms. The zero-order valence-electron chi connectivity index (χ0n) is 11.6. The van der Waals surface area contributed by atoms with E-state index in [1.807, 2.05) is 6.92 Å². The van der Waals surface area contributed by atoms with Crippen molar-refractivity contribution in [2.24, 2.45) is 0 Å². The van der Waals surface area contributed by atoms with Crippen LogP contribution in [0.15, 0.2) is 41.3 Å². The summed E-state index contributed by atoms with van der Waals surface area (Å²) in [6.07, 6.45) is 4.20. The Morgan fingerprint density at radius 1 is 1.30 bits per heavy atom. The molecule has 1 aromatic rings. The van der Waals surface area contributed by atoms with Gasteiger partial charge in [-0.25, -0.2) is 17.9 Å². The number of esters is 1. The first kappa shape index (κ1) is 16.4. The third-order valence-electron chi connectivity index (χ3n) is 2.63. The van der Waals surface area contributed by atoms with E-state index in [0.29, 0.717) is 19.4 Å². The fourth-order valence-corrected chi connectivity index (χ4v) is 2.55. The number of sulfonamides is 1. The third kappa shape index (κ3) is 5.54. The zero-order chi connectivity index (χ0) is 15.0. The summed E-state index contributed by atoms with van der Waals surface area (Å²) in [6.45, 7) is 2.22. The molecule has 0 unspecified atom stereocenters. The predicted molar refractivity (Wildman–Crippen MR) is 76.8 cm³/mol. The average molecular weight is 297 g/mol. The number of carbonyl (C=O) groups is 1. The van der Waals surface area contributed by atoms with Crippen molar-refractivity contribution in [3.05, 3.63) is 42.0 Å². The highest BCUT2D eigenvalue weighted by atomic mass is 32.2. The van der Waals surface area contributed by atoms with Gasteiger partial charge < -0.3 is 4.74 Å². The number of carbonyl (C=O) groups excluding carboxylic acids is 1. The Morgan fingerprint density at radius 3 is 2.55 bits per heavy atom. The van der Waals surface area contributed by atoms with E-state index < -0.39 is 16.0 Å². The molecule has 0 amide bonds. The standard InChI is InChI=1S/C14H19NO4S/c1-12-7-9-13(10-8-12)20(17,18)15-11-5-3-4-6-14(16)19-2/h4,6-10,15H,3,5,11H2,1-2H3/b6-4+. The highest BCUT2D eigenvalue weighted by molar-refractivity contribution is 7.89. The molecular formula is C14H19NO4S. The molecule has 1 rings (SSSR count). The molecule has 110 valence electrons. The maximum Gasteiger partial charge on any atom is 0.330 e. The molecule has 20 heavy (non-hydrogen) atoms. The molecule has 0 fully saturated rings. The Kier molecular flexibility index (Phi) is 6.41. The summed E-state index contributed by atoms with van der Waals surface area (Å²) >= 11 is 0. The van der Waals surface area contributed by atoms with Crippen LogP contribution in [0.3, 0.4) is 0 Å². The van der Waals surface area contributed by atoms with Crippen LogP contribution >= 0.6 is 0 Å². The van der Waals surface area contributed by atoms with Crippen LogP contribution in [-0.2, 0) is 19.6 Å². The molecular weight excluding hydrogens is 278 g/mol. The van der Waals surface area contributed by atoms with Crippen LogP contribution in [0.5, 0.6) is 0 Å². The van der Waals surface area contributed by atoms with Crippen LogP contribution in [0.25, 0.3) is 0 Å². The average Bonchev–Trinajstić information content (AvgIpc) is 2.42. The van der Waals surface area contributed by atoms with Crippen molar-refractivity contribution in [3.8, 4) is 0 Å². The molecule has 1 N–H and O–H groups in total. The second kappa shape index (κ2) is 7.81. The SMILES string of the molecule is COC(=O)/C=C/CCCNS(=O)(=O)c1ccc(C)cc1. The molecule has 1 aromatic carbocycles. The second-order valence-electron chi connectivity index (χ2n) is 4.28. The molecule has 0 radical (unpaired) electrons. The van der Waals surface area contributed by atoms with Gasteiger partial charge in [0.2, 0.25) is 10.0 Å². The number of ether oxygens (including phenoxy) is 1. The second-order valence-corrected chi connectivity index (χ2v) is 6.05. The van der Waals surface area contributed by atoms with E-state index in [4.69, 9.17) is 0 Å². The van der Waals surface area contributed by atoms with Crippen LogP contribution in [0, 0.1) is 6.92 Å². The first-order valence-corrected chi connectivity index (χ1v) is 7.75. The Bertz CT molecular complexity index is 561. The summed E-state index contributed by atoms with van der Waals surface area (Å²) in [7, 11) is -2.14. The first-order chi connectivity index (χ1) is 9.45. The van der Waals surface area contributed by atoms with E-state index in [2.05, 4.69) is 9.46 Å². The van der Waals surface area contributed by atoms with E-state index in [0.717, 1.165) is 5.56 Å². The van der Waals surface area contributed by atoms with Gasteiger partial charge in [0.05, 0.1) is 12.0 Å². The number of unbranched alkanes of at least 4 members (excludes halogenated alkanes) is 1. The van der Waals surface area contributed by atoms with E-state index in [-0.39, 0.29) is 4.90 Å². The summed E-state index contributed by atoms with van der Waals surface area (Å²) in [5, 5.41) is 0. The van der Waals surface area contributed by atoms with Crippen LogP contribution in [0.2, 0.25) is 0 Å². The Morgan fingerprint density at radius 2 is 1.95 bits per heavy atom. The van der Waals surface area contributed by atoms with E-state index in [1.165, 1.54) is 13.2 Å². The van der Waals surface area contributed by atoms with Crippen molar-refractivity contribution >= 4 is 16.0 Å². The Hall–Kier alpha value is -1.66. The summed E-state index contributed by atoms with van der Waals surface area (Å²) in [5.74, 6) is -0.412. The van der Waals surface area contributed by atoms with Crippen molar-refractivity contribution in [1.82, 2.24) is 4.72 Å². The highest BCUT2D eigenvalue weighted by Crippen LogP contribution is 2.09. The van der Waals surface area contributed by atoms with Crippen LogP contribution in [-0.4, -0.2) is 28.0 Å². The van der Waals surface area contributed by atoms with Gasteiger partial charge in [-0.15, -0.1) is 0 Å². The summed E-state index contributed by atoms with van der Waals surface area (Å²) in [4.78, 5) is 11.1. The monoisotopic (exact) mass is 297 g/mol. The molecule has 0 aliphatic carbocycles. The molecule has 0 aliphatic heterocycles. The zero-order valence-corrected chi connectivity index (χ0v) is 12.4. The maximum absolute atomic E-state index is 11.9. The van der Waals surface area contributed by atoms with Gasteiger partial charge in [0, 0.05) is 12.6 Å². The normalized spacial score (nSPS) is 11.7. The Labute approximate surface area is 119 Å². The van der Waals surface area contributed by atoms with Gasteiger partial charge in [0.15, 0.2) is 0 Å². The van der Waals surface area contributed by atoms with E-state index in [1.54, 1.807) is 30.3 Å². The lowest BCUT2D eigenvalue weighted by molar-refractivity contribution is -0.134. The summed E-state index contributed by atoms with van der Waals surface area (Å²) in [6, 6.07) is 6.67. The molecule has 0 saturated carbocycles. The number of hydrogen-bond donors (Lipinski definition) is 1. The van der Waals surface area contributed by atoms with Crippen LogP contribution < -0.4 is 4.72 Å². The predicted octanol–water partition coefficient (Wildman–Crippen LogP) is 1.78. The van der Waals surface area contributed by atoms with Gasteiger partial charge in [-0.2, -0.15) is 0 Å². The number of hydrogen-bond acceptors (Lipinski definition) is 4. The number of benzene rings is 1. The number of nitrogens with one attached hydrogen (secondary N) is 1. The highest BCUT2D eigenvalue weighted by Gasteiger charge is 2.11. The minimum absolute atomic E-state index is 0.258. The molecule has 0 atom stereocenters. The van der Waals surface area contributed by atoms with Crippen molar-refractivity contribution in [2.45, 2.75) is 24.7 Å². The fraction of sp³-hybridized carbons (Fsp3) is 0.357. The van der Waals surface area contributed by atoms with Gasteiger partial charge in [-0.05, 0) is 31.9 Å². The van der Waals surface area contributed by atoms with Crippen molar-refractivity contribution in [3.63, 3.8) is 0 Å².